The minimum Gasteiger partial charge on any atom is -0.377 e. The van der Waals surface area contributed by atoms with Crippen LogP contribution in [0, 0.1) is 0 Å². The van der Waals surface area contributed by atoms with Gasteiger partial charge in [0.15, 0.2) is 6.79 Å². The van der Waals surface area contributed by atoms with E-state index in [1.807, 2.05) is 0 Å². The first-order chi connectivity index (χ1) is 14.6. The Labute approximate surface area is 178 Å². The van der Waals surface area contributed by atoms with Gasteiger partial charge in [0.2, 0.25) is 0 Å². The third kappa shape index (κ3) is 7.04. The van der Waals surface area contributed by atoms with Crippen molar-refractivity contribution in [3.05, 3.63) is 0 Å². The number of halogens is 13. The van der Waals surface area contributed by atoms with Gasteiger partial charge in [-0.25, -0.2) is 4.74 Å². The van der Waals surface area contributed by atoms with Crippen molar-refractivity contribution in [2.24, 2.45) is 0 Å². The standard InChI is InChI=1S/C13H17F13O6Si/c1-27-33(28-2,29-3)6-4-5-30-7-31-11(21,22)9(16,17)13(25,26)32-12(23,24)8(14,15)10(18,19)20/h4-7H2,1-3H3. The summed E-state index contributed by atoms with van der Waals surface area (Å²) in [6.45, 7) is -2.43. The summed E-state index contributed by atoms with van der Waals surface area (Å²) in [7, 11) is 0.494. The summed E-state index contributed by atoms with van der Waals surface area (Å²) in [5, 5.41) is 0. The Morgan fingerprint density at radius 3 is 1.42 bits per heavy atom. The molecule has 0 rings (SSSR count). The molecule has 0 aliphatic heterocycles. The van der Waals surface area contributed by atoms with Crippen molar-refractivity contribution >= 4 is 8.80 Å². The lowest BCUT2D eigenvalue weighted by Crippen LogP contribution is -2.62. The number of hydrogen-bond donors (Lipinski definition) is 0. The molecule has 0 aliphatic carbocycles. The van der Waals surface area contributed by atoms with Gasteiger partial charge in [0.05, 0.1) is 0 Å². The largest absolute Gasteiger partial charge is 0.500 e. The summed E-state index contributed by atoms with van der Waals surface area (Å²) in [4.78, 5) is 0. The Kier molecular flexibility index (Phi) is 10.5. The number of rotatable bonds is 15. The zero-order valence-corrected chi connectivity index (χ0v) is 17.7. The van der Waals surface area contributed by atoms with E-state index < -0.39 is 58.6 Å². The zero-order valence-electron chi connectivity index (χ0n) is 16.7. The van der Waals surface area contributed by atoms with Gasteiger partial charge >= 0.3 is 45.2 Å². The molecule has 0 aromatic heterocycles. The smallest absolute Gasteiger partial charge is 0.377 e. The van der Waals surface area contributed by atoms with E-state index in [2.05, 4.69) is 9.47 Å². The van der Waals surface area contributed by atoms with Crippen molar-refractivity contribution < 1.29 is 84.6 Å². The van der Waals surface area contributed by atoms with Crippen LogP contribution < -0.4 is 0 Å². The van der Waals surface area contributed by atoms with E-state index >= 15 is 0 Å². The molecule has 0 aromatic carbocycles. The van der Waals surface area contributed by atoms with Crippen LogP contribution in [0.25, 0.3) is 0 Å². The quantitative estimate of drug-likeness (QED) is 0.127. The van der Waals surface area contributed by atoms with Crippen molar-refractivity contribution in [2.45, 2.75) is 48.8 Å². The molecule has 0 spiro atoms. The van der Waals surface area contributed by atoms with Crippen LogP contribution in [0.15, 0.2) is 0 Å². The van der Waals surface area contributed by atoms with Crippen LogP contribution in [-0.2, 0) is 27.5 Å². The highest BCUT2D eigenvalue weighted by Gasteiger charge is 2.82. The summed E-state index contributed by atoms with van der Waals surface area (Å²) in [6, 6.07) is -0.00252. The predicted molar refractivity (Wildman–Crippen MR) is 80.0 cm³/mol. The molecule has 0 aliphatic rings. The van der Waals surface area contributed by atoms with Crippen molar-refractivity contribution in [3.63, 3.8) is 0 Å². The molecule has 0 aromatic rings. The highest BCUT2D eigenvalue weighted by Crippen LogP contribution is 2.53. The van der Waals surface area contributed by atoms with Crippen LogP contribution in [0.5, 0.6) is 0 Å². The van der Waals surface area contributed by atoms with Crippen molar-refractivity contribution in [1.29, 1.82) is 0 Å². The maximum atomic E-state index is 13.4. The fourth-order valence-corrected chi connectivity index (χ4v) is 3.53. The molecule has 0 radical (unpaired) electrons. The number of hydrogen-bond acceptors (Lipinski definition) is 6. The Bertz CT molecular complexity index is 604. The Balaban J connectivity index is 5.13. The average molecular weight is 544 g/mol. The summed E-state index contributed by atoms with van der Waals surface area (Å²) in [5.74, 6) is -14.6. The number of alkyl halides is 13. The molecule has 6 nitrogen and oxygen atoms in total. The molecule has 20 heteroatoms. The fourth-order valence-electron chi connectivity index (χ4n) is 1.84. The first-order valence-electron chi connectivity index (χ1n) is 8.13. The normalized spacial score (nSPS) is 15.3. The number of ether oxygens (including phenoxy) is 3. The van der Waals surface area contributed by atoms with E-state index in [4.69, 9.17) is 13.3 Å². The molecule has 0 atom stereocenters. The maximum Gasteiger partial charge on any atom is 0.500 e. The van der Waals surface area contributed by atoms with E-state index in [1.165, 1.54) is 21.3 Å². The summed E-state index contributed by atoms with van der Waals surface area (Å²) in [6.07, 6.45) is -28.4. The van der Waals surface area contributed by atoms with Crippen LogP contribution in [0.1, 0.15) is 6.42 Å². The lowest BCUT2D eigenvalue weighted by molar-refractivity contribution is -0.524. The molecular formula is C13H17F13O6Si. The van der Waals surface area contributed by atoms with E-state index in [1.54, 1.807) is 4.74 Å². The minimum atomic E-state index is -7.44. The highest BCUT2D eigenvalue weighted by molar-refractivity contribution is 6.60. The SMILES string of the molecule is CO[Si](CCCOCOC(F)(F)C(F)(F)C(F)(F)OC(F)(F)C(F)(F)C(F)(F)F)(OC)OC. The zero-order chi connectivity index (χ0) is 26.6. The van der Waals surface area contributed by atoms with Gasteiger partial charge in [0, 0.05) is 34.0 Å². The monoisotopic (exact) mass is 544 g/mol. The molecule has 200 valence electrons. The van der Waals surface area contributed by atoms with Crippen molar-refractivity contribution in [1.82, 2.24) is 0 Å². The van der Waals surface area contributed by atoms with Gasteiger partial charge in [-0.1, -0.05) is 0 Å². The topological polar surface area (TPSA) is 55.4 Å². The van der Waals surface area contributed by atoms with Gasteiger partial charge in [-0.3, -0.25) is 4.74 Å². The predicted octanol–water partition coefficient (Wildman–Crippen LogP) is 4.87. The third-order valence-corrected chi connectivity index (χ3v) is 6.57. The average Bonchev–Trinajstić information content (AvgIpc) is 2.66. The van der Waals surface area contributed by atoms with Crippen LogP contribution in [0.3, 0.4) is 0 Å². The lowest BCUT2D eigenvalue weighted by atomic mass is 10.2. The van der Waals surface area contributed by atoms with Crippen LogP contribution in [0.2, 0.25) is 6.04 Å². The summed E-state index contributed by atoms with van der Waals surface area (Å²) >= 11 is 0. The molecule has 0 saturated carbocycles. The van der Waals surface area contributed by atoms with Gasteiger partial charge in [0.25, 0.3) is 0 Å². The molecular weight excluding hydrogens is 527 g/mol. The summed E-state index contributed by atoms with van der Waals surface area (Å²) < 4.78 is 190. The first-order valence-corrected chi connectivity index (χ1v) is 10.1. The van der Waals surface area contributed by atoms with Crippen LogP contribution in [0.4, 0.5) is 57.1 Å². The second kappa shape index (κ2) is 10.8. The first kappa shape index (κ1) is 32.1. The van der Waals surface area contributed by atoms with E-state index in [0.29, 0.717) is 0 Å². The molecule has 0 heterocycles. The lowest BCUT2D eigenvalue weighted by Gasteiger charge is -2.35. The second-order valence-electron chi connectivity index (χ2n) is 5.87. The molecule has 0 bridgehead atoms. The van der Waals surface area contributed by atoms with Gasteiger partial charge in [0.1, 0.15) is 0 Å². The van der Waals surface area contributed by atoms with Gasteiger partial charge in [-0.05, 0) is 6.42 Å². The van der Waals surface area contributed by atoms with Gasteiger partial charge in [-0.15, -0.1) is 0 Å². The van der Waals surface area contributed by atoms with Crippen molar-refractivity contribution in [2.75, 3.05) is 34.7 Å². The van der Waals surface area contributed by atoms with Crippen LogP contribution in [-0.4, -0.2) is 79.9 Å². The minimum absolute atomic E-state index is 0.00252. The van der Waals surface area contributed by atoms with Crippen LogP contribution >= 0.6 is 0 Å². The molecule has 0 amide bonds. The Morgan fingerprint density at radius 1 is 0.606 bits per heavy atom. The summed E-state index contributed by atoms with van der Waals surface area (Å²) in [5.41, 5.74) is 0. The highest BCUT2D eigenvalue weighted by atomic mass is 28.4. The molecule has 0 saturated heterocycles. The molecule has 33 heavy (non-hydrogen) atoms. The van der Waals surface area contributed by atoms with Crippen molar-refractivity contribution in [3.8, 4) is 0 Å². The maximum absolute atomic E-state index is 13.4. The second-order valence-corrected chi connectivity index (χ2v) is 8.96. The van der Waals surface area contributed by atoms with E-state index in [-0.39, 0.29) is 12.5 Å². The van der Waals surface area contributed by atoms with E-state index in [9.17, 15) is 57.1 Å². The fraction of sp³-hybridized carbons (Fsp3) is 1.00. The third-order valence-electron chi connectivity index (χ3n) is 3.74. The van der Waals surface area contributed by atoms with Gasteiger partial charge in [-0.2, -0.15) is 57.1 Å². The Morgan fingerprint density at radius 2 is 1.03 bits per heavy atom. The molecule has 0 fully saturated rings. The molecule has 0 unspecified atom stereocenters. The van der Waals surface area contributed by atoms with Gasteiger partial charge < -0.3 is 18.0 Å². The van der Waals surface area contributed by atoms with E-state index in [0.717, 1.165) is 0 Å². The Hall–Kier alpha value is -0.933. The molecule has 0 N–H and O–H groups in total.